The predicted octanol–water partition coefficient (Wildman–Crippen LogP) is 2.55. The van der Waals surface area contributed by atoms with E-state index in [4.69, 9.17) is 36.3 Å². The summed E-state index contributed by atoms with van der Waals surface area (Å²) in [5.74, 6) is -0.700. The number of amides is 2. The van der Waals surface area contributed by atoms with E-state index in [-0.39, 0.29) is 42.7 Å². The zero-order valence-electron chi connectivity index (χ0n) is 19.8. The van der Waals surface area contributed by atoms with E-state index in [1.807, 2.05) is 0 Å². The Morgan fingerprint density at radius 3 is 2.53 bits per heavy atom. The van der Waals surface area contributed by atoms with E-state index < -0.39 is 40.5 Å². The topological polar surface area (TPSA) is 168 Å². The molecule has 2 rings (SSSR count). The maximum absolute atomic E-state index is 12.9. The number of ether oxygens (including phenoxy) is 4. The molecule has 1 heterocycles. The molecule has 2 amide bonds. The quantitative estimate of drug-likeness (QED) is 0.283. The van der Waals surface area contributed by atoms with E-state index in [1.165, 1.54) is 13.2 Å². The molecule has 1 aromatic heterocycles. The monoisotopic (exact) mass is 584 g/mol. The van der Waals surface area contributed by atoms with Crippen LogP contribution in [0.15, 0.2) is 30.5 Å². The number of methoxy groups -OCH3 is 1. The van der Waals surface area contributed by atoms with Gasteiger partial charge in [-0.2, -0.15) is 26.3 Å². The number of benzene rings is 1. The van der Waals surface area contributed by atoms with Gasteiger partial charge in [-0.3, -0.25) is 4.79 Å². The van der Waals surface area contributed by atoms with Gasteiger partial charge in [0.05, 0.1) is 25.3 Å². The van der Waals surface area contributed by atoms with E-state index in [1.54, 1.807) is 21.6 Å². The molecule has 0 unspecified atom stereocenters. The number of pyridine rings is 1. The molecule has 4 N–H and O–H groups in total. The van der Waals surface area contributed by atoms with Crippen LogP contribution in [0.3, 0.4) is 0 Å². The lowest BCUT2D eigenvalue weighted by molar-refractivity contribution is -0.137. The number of nitrogens with one attached hydrogen (secondary N) is 2. The fourth-order valence-electron chi connectivity index (χ4n) is 2.70. The molecule has 0 bridgehead atoms. The van der Waals surface area contributed by atoms with Crippen molar-refractivity contribution in [1.82, 2.24) is 14.4 Å². The molecule has 0 atom stereocenters. The maximum atomic E-state index is 12.9. The largest absolute Gasteiger partial charge is 0.491 e. The van der Waals surface area contributed by atoms with E-state index in [0.717, 1.165) is 0 Å². The molecule has 0 aliphatic heterocycles. The van der Waals surface area contributed by atoms with Crippen molar-refractivity contribution in [3.8, 4) is 17.4 Å². The molecule has 0 radical (unpaired) electrons. The molecule has 1 aromatic carbocycles. The lowest BCUT2D eigenvalue weighted by Crippen LogP contribution is -2.43. The summed E-state index contributed by atoms with van der Waals surface area (Å²) in [6, 6.07) is 5.39. The van der Waals surface area contributed by atoms with Gasteiger partial charge in [-0.15, -0.1) is 0 Å². The van der Waals surface area contributed by atoms with E-state index in [2.05, 4.69) is 4.98 Å². The standard InChI is InChI=1S/C21H24ClF3N4O8S/c1-34-7-8-35-15-5-4-13(3-2-6-36-20(31)29-38(32,33)28-12-18(26)30)17(10-15)37-19-16(22)9-14(11-27-19)21(23,24)25/h4-5,9-11,28H,2-3,6-8,12H2,1H3,(H2,26,30)(H,29,31). The Balaban J connectivity index is 2.07. The van der Waals surface area contributed by atoms with Gasteiger partial charge < -0.3 is 24.7 Å². The van der Waals surface area contributed by atoms with Crippen LogP contribution >= 0.6 is 11.6 Å². The molecule has 0 aliphatic rings. The molecule has 17 heteroatoms. The summed E-state index contributed by atoms with van der Waals surface area (Å²) in [5, 5.41) is -0.373. The minimum Gasteiger partial charge on any atom is -0.491 e. The van der Waals surface area contributed by atoms with Crippen LogP contribution in [0.1, 0.15) is 17.5 Å². The minimum atomic E-state index is -4.64. The third-order valence-electron chi connectivity index (χ3n) is 4.41. The Morgan fingerprint density at radius 2 is 1.89 bits per heavy atom. The van der Waals surface area contributed by atoms with Gasteiger partial charge in [0.2, 0.25) is 11.8 Å². The Kier molecular flexibility index (Phi) is 11.4. The number of nitrogens with zero attached hydrogens (tertiary/aromatic N) is 1. The highest BCUT2D eigenvalue weighted by Gasteiger charge is 2.32. The number of carbonyl (C=O) groups is 2. The van der Waals surface area contributed by atoms with Crippen molar-refractivity contribution in [3.63, 3.8) is 0 Å². The second-order valence-electron chi connectivity index (χ2n) is 7.35. The zero-order chi connectivity index (χ0) is 28.3. The number of aromatic nitrogens is 1. The molecule has 0 saturated carbocycles. The zero-order valence-corrected chi connectivity index (χ0v) is 21.4. The first-order chi connectivity index (χ1) is 17.8. The number of primary amides is 1. The first kappa shape index (κ1) is 30.9. The molecular weight excluding hydrogens is 561 g/mol. The summed E-state index contributed by atoms with van der Waals surface area (Å²) in [4.78, 5) is 26.0. The number of hydrogen-bond acceptors (Lipinski definition) is 9. The van der Waals surface area contributed by atoms with Crippen molar-refractivity contribution in [2.24, 2.45) is 5.73 Å². The third-order valence-corrected chi connectivity index (χ3v) is 5.64. The summed E-state index contributed by atoms with van der Waals surface area (Å²) in [6.45, 7) is -0.414. The highest BCUT2D eigenvalue weighted by atomic mass is 35.5. The van der Waals surface area contributed by atoms with Crippen LogP contribution in [-0.4, -0.2) is 58.9 Å². The van der Waals surface area contributed by atoms with Gasteiger partial charge in [0.15, 0.2) is 0 Å². The number of alkyl halides is 3. The normalized spacial score (nSPS) is 11.6. The summed E-state index contributed by atoms with van der Waals surface area (Å²) in [6.07, 6.45) is -4.93. The number of rotatable bonds is 14. The molecule has 38 heavy (non-hydrogen) atoms. The molecule has 0 aliphatic carbocycles. The third kappa shape index (κ3) is 10.6. The van der Waals surface area contributed by atoms with Gasteiger partial charge in [0, 0.05) is 19.4 Å². The number of carbonyl (C=O) groups excluding carboxylic acids is 2. The molecule has 210 valence electrons. The van der Waals surface area contributed by atoms with Gasteiger partial charge in [-0.05, 0) is 30.5 Å². The number of nitrogens with two attached hydrogens (primary N) is 1. The number of aryl methyl sites for hydroxylation is 1. The van der Waals surface area contributed by atoms with Crippen LogP contribution in [0, 0.1) is 0 Å². The van der Waals surface area contributed by atoms with E-state index in [0.29, 0.717) is 30.2 Å². The van der Waals surface area contributed by atoms with Crippen molar-refractivity contribution >= 4 is 33.8 Å². The first-order valence-electron chi connectivity index (χ1n) is 10.7. The van der Waals surface area contributed by atoms with Gasteiger partial charge in [0.1, 0.15) is 23.1 Å². The highest BCUT2D eigenvalue weighted by molar-refractivity contribution is 7.88. The summed E-state index contributed by atoms with van der Waals surface area (Å²) < 4.78 is 86.2. The Labute approximate surface area is 220 Å². The van der Waals surface area contributed by atoms with Crippen molar-refractivity contribution in [1.29, 1.82) is 0 Å². The first-order valence-corrected chi connectivity index (χ1v) is 12.5. The molecule has 2 aromatic rings. The lowest BCUT2D eigenvalue weighted by atomic mass is 10.1. The summed E-state index contributed by atoms with van der Waals surface area (Å²) in [5.41, 5.74) is 4.31. The second-order valence-corrected chi connectivity index (χ2v) is 9.26. The lowest BCUT2D eigenvalue weighted by Gasteiger charge is -2.15. The number of halogens is 4. The molecule has 0 spiro atoms. The van der Waals surface area contributed by atoms with Gasteiger partial charge in [-0.1, -0.05) is 17.7 Å². The fraction of sp³-hybridized carbons (Fsp3) is 0.381. The molecule has 12 nitrogen and oxygen atoms in total. The second kappa shape index (κ2) is 14.0. The van der Waals surface area contributed by atoms with Crippen LogP contribution in [0.25, 0.3) is 0 Å². The van der Waals surface area contributed by atoms with E-state index in [9.17, 15) is 31.2 Å². The Morgan fingerprint density at radius 1 is 1.16 bits per heavy atom. The summed E-state index contributed by atoms with van der Waals surface area (Å²) >= 11 is 5.95. The average molecular weight is 585 g/mol. The Bertz CT molecular complexity index is 1230. The van der Waals surface area contributed by atoms with Gasteiger partial charge >= 0.3 is 22.5 Å². The van der Waals surface area contributed by atoms with Gasteiger partial charge in [0.25, 0.3) is 0 Å². The van der Waals surface area contributed by atoms with E-state index >= 15 is 0 Å². The Hall–Kier alpha value is -3.34. The highest BCUT2D eigenvalue weighted by Crippen LogP contribution is 2.36. The minimum absolute atomic E-state index is 0.164. The summed E-state index contributed by atoms with van der Waals surface area (Å²) in [7, 11) is -2.85. The predicted molar refractivity (Wildman–Crippen MR) is 127 cm³/mol. The number of hydrogen-bond donors (Lipinski definition) is 3. The van der Waals surface area contributed by atoms with Gasteiger partial charge in [-0.25, -0.2) is 14.5 Å². The molecular formula is C21H24ClF3N4O8S. The smallest absolute Gasteiger partial charge is 0.421 e. The van der Waals surface area contributed by atoms with Crippen LogP contribution in [0.4, 0.5) is 18.0 Å². The van der Waals surface area contributed by atoms with Crippen molar-refractivity contribution in [3.05, 3.63) is 46.6 Å². The molecule has 0 saturated heterocycles. The van der Waals surface area contributed by atoms with Crippen LogP contribution in [0.2, 0.25) is 5.02 Å². The van der Waals surface area contributed by atoms with Crippen molar-refractivity contribution < 1.29 is 50.1 Å². The van der Waals surface area contributed by atoms with Crippen LogP contribution in [0.5, 0.6) is 17.4 Å². The van der Waals surface area contributed by atoms with Crippen molar-refractivity contribution in [2.75, 3.05) is 33.5 Å². The SMILES string of the molecule is COCCOc1ccc(CCCOC(=O)NS(=O)(=O)NCC(N)=O)c(Oc2ncc(C(F)(F)F)cc2Cl)c1. The van der Waals surface area contributed by atoms with Crippen LogP contribution < -0.4 is 24.7 Å². The van der Waals surface area contributed by atoms with Crippen molar-refractivity contribution in [2.45, 2.75) is 19.0 Å². The maximum Gasteiger partial charge on any atom is 0.421 e. The molecule has 0 fully saturated rings. The average Bonchev–Trinajstić information content (AvgIpc) is 2.82. The fourth-order valence-corrected chi connectivity index (χ4v) is 3.59. The van der Waals surface area contributed by atoms with Crippen LogP contribution in [-0.2, 0) is 37.1 Å².